The third-order valence-electron chi connectivity index (χ3n) is 4.06. The zero-order valence-electron chi connectivity index (χ0n) is 15.2. The van der Waals surface area contributed by atoms with Crippen molar-refractivity contribution < 1.29 is 27.4 Å². The number of hydrogen-bond donors (Lipinski definition) is 1. The summed E-state index contributed by atoms with van der Waals surface area (Å²) in [5.41, 5.74) is 1.50. The highest BCUT2D eigenvalue weighted by Gasteiger charge is 2.17. The summed E-state index contributed by atoms with van der Waals surface area (Å²) in [6.45, 7) is -3.17. The van der Waals surface area contributed by atoms with Crippen LogP contribution in [0.15, 0.2) is 78.9 Å². The quantitative estimate of drug-likeness (QED) is 0.595. The maximum Gasteiger partial charge on any atom is 0.387 e. The minimum Gasteiger partial charge on any atom is -0.484 e. The third kappa shape index (κ3) is 6.00. The van der Waals surface area contributed by atoms with E-state index < -0.39 is 24.4 Å². The number of benzene rings is 3. The van der Waals surface area contributed by atoms with Crippen LogP contribution in [0.5, 0.6) is 11.5 Å². The molecule has 3 rings (SSSR count). The van der Waals surface area contributed by atoms with E-state index in [-0.39, 0.29) is 12.4 Å². The molecule has 0 heterocycles. The third-order valence-corrected chi connectivity index (χ3v) is 4.06. The van der Waals surface area contributed by atoms with Gasteiger partial charge in [-0.25, -0.2) is 4.39 Å². The van der Waals surface area contributed by atoms with Gasteiger partial charge >= 0.3 is 6.61 Å². The average molecular weight is 401 g/mol. The lowest BCUT2D eigenvalue weighted by atomic mass is 9.98. The van der Waals surface area contributed by atoms with Crippen LogP contribution in [0, 0.1) is 5.82 Å². The monoisotopic (exact) mass is 401 g/mol. The van der Waals surface area contributed by atoms with Gasteiger partial charge in [0, 0.05) is 0 Å². The summed E-state index contributed by atoms with van der Waals surface area (Å²) in [4.78, 5) is 12.4. The summed E-state index contributed by atoms with van der Waals surface area (Å²) in [7, 11) is 0. The van der Waals surface area contributed by atoms with Crippen molar-refractivity contribution in [1.82, 2.24) is 5.32 Å². The highest BCUT2D eigenvalue weighted by atomic mass is 19.3. The Morgan fingerprint density at radius 3 is 2.03 bits per heavy atom. The van der Waals surface area contributed by atoms with Gasteiger partial charge in [-0.1, -0.05) is 42.5 Å². The highest BCUT2D eigenvalue weighted by molar-refractivity contribution is 5.78. The van der Waals surface area contributed by atoms with Crippen molar-refractivity contribution in [2.45, 2.75) is 12.7 Å². The molecule has 0 aliphatic carbocycles. The van der Waals surface area contributed by atoms with Crippen LogP contribution in [-0.4, -0.2) is 19.1 Å². The lowest BCUT2D eigenvalue weighted by Gasteiger charge is -2.20. The van der Waals surface area contributed by atoms with E-state index >= 15 is 0 Å². The number of hydrogen-bond acceptors (Lipinski definition) is 3. The van der Waals surface area contributed by atoms with Gasteiger partial charge in [0.25, 0.3) is 5.91 Å². The molecule has 150 valence electrons. The molecule has 29 heavy (non-hydrogen) atoms. The fourth-order valence-electron chi connectivity index (χ4n) is 2.73. The average Bonchev–Trinajstić information content (AvgIpc) is 2.72. The van der Waals surface area contributed by atoms with Gasteiger partial charge in [0.05, 0.1) is 6.04 Å². The maximum absolute atomic E-state index is 12.9. The Labute approximate surface area is 165 Å². The van der Waals surface area contributed by atoms with Crippen LogP contribution in [0.1, 0.15) is 17.2 Å². The Morgan fingerprint density at radius 2 is 1.41 bits per heavy atom. The van der Waals surface area contributed by atoms with E-state index in [2.05, 4.69) is 10.1 Å². The van der Waals surface area contributed by atoms with Crippen LogP contribution < -0.4 is 14.8 Å². The van der Waals surface area contributed by atoms with Gasteiger partial charge in [-0.3, -0.25) is 4.79 Å². The minimum absolute atomic E-state index is 0.0292. The molecule has 3 aromatic rings. The molecule has 1 amide bonds. The second-order valence-electron chi connectivity index (χ2n) is 6.10. The molecular weight excluding hydrogens is 383 g/mol. The van der Waals surface area contributed by atoms with Gasteiger partial charge in [-0.15, -0.1) is 0 Å². The molecule has 0 aliphatic heterocycles. The second kappa shape index (κ2) is 9.64. The molecule has 0 saturated heterocycles. The smallest absolute Gasteiger partial charge is 0.387 e. The lowest BCUT2D eigenvalue weighted by molar-refractivity contribution is -0.123. The molecule has 3 aromatic carbocycles. The zero-order valence-corrected chi connectivity index (χ0v) is 15.2. The van der Waals surface area contributed by atoms with Gasteiger partial charge in [0.2, 0.25) is 0 Å². The predicted molar refractivity (Wildman–Crippen MR) is 101 cm³/mol. The molecule has 1 N–H and O–H groups in total. The summed E-state index contributed by atoms with van der Waals surface area (Å²) < 4.78 is 47.4. The van der Waals surface area contributed by atoms with E-state index in [4.69, 9.17) is 4.74 Å². The molecule has 0 fully saturated rings. The topological polar surface area (TPSA) is 47.6 Å². The van der Waals surface area contributed by atoms with E-state index in [1.807, 2.05) is 30.3 Å². The van der Waals surface area contributed by atoms with Crippen molar-refractivity contribution in [3.63, 3.8) is 0 Å². The molecule has 0 aromatic heterocycles. The number of nitrogens with one attached hydrogen (secondary N) is 1. The SMILES string of the molecule is O=C(COc1ccc(F)cc1)N[C@@H](c1ccccc1)c1ccc(OC(F)F)cc1. The first kappa shape index (κ1) is 20.3. The van der Waals surface area contributed by atoms with Gasteiger partial charge in [0.15, 0.2) is 6.61 Å². The standard InChI is InChI=1S/C22H18F3NO3/c23-17-8-12-18(13-9-17)28-14-20(27)26-21(15-4-2-1-3-5-15)16-6-10-19(11-7-16)29-22(24)25/h1-13,21-22H,14H2,(H,26,27)/t21-/m0/s1. The number of carbonyl (C=O) groups excluding carboxylic acids is 1. The summed E-state index contributed by atoms with van der Waals surface area (Å²) in [6, 6.07) is 20.1. The van der Waals surface area contributed by atoms with Gasteiger partial charge in [0.1, 0.15) is 17.3 Å². The van der Waals surface area contributed by atoms with Crippen molar-refractivity contribution in [2.24, 2.45) is 0 Å². The fourth-order valence-corrected chi connectivity index (χ4v) is 2.73. The number of halogens is 3. The van der Waals surface area contributed by atoms with E-state index in [9.17, 15) is 18.0 Å². The van der Waals surface area contributed by atoms with Crippen molar-refractivity contribution >= 4 is 5.91 Å². The zero-order chi connectivity index (χ0) is 20.6. The summed E-state index contributed by atoms with van der Waals surface area (Å²) in [5.74, 6) is -0.394. The first-order valence-electron chi connectivity index (χ1n) is 8.79. The molecule has 1 atom stereocenters. The molecule has 4 nitrogen and oxygen atoms in total. The molecule has 0 radical (unpaired) electrons. The number of ether oxygens (including phenoxy) is 2. The number of rotatable bonds is 8. The Balaban J connectivity index is 1.72. The molecular formula is C22H18F3NO3. The first-order valence-corrected chi connectivity index (χ1v) is 8.79. The van der Waals surface area contributed by atoms with Gasteiger partial charge < -0.3 is 14.8 Å². The highest BCUT2D eigenvalue weighted by Crippen LogP contribution is 2.25. The van der Waals surface area contributed by atoms with Crippen molar-refractivity contribution in [1.29, 1.82) is 0 Å². The maximum atomic E-state index is 12.9. The first-order chi connectivity index (χ1) is 14.0. The molecule has 0 spiro atoms. The largest absolute Gasteiger partial charge is 0.484 e. The predicted octanol–water partition coefficient (Wildman–Crippen LogP) is 4.71. The molecule has 0 unspecified atom stereocenters. The van der Waals surface area contributed by atoms with Crippen LogP contribution in [0.25, 0.3) is 0 Å². The van der Waals surface area contributed by atoms with E-state index in [0.717, 1.165) is 5.56 Å². The number of carbonyl (C=O) groups is 1. The van der Waals surface area contributed by atoms with Crippen molar-refractivity contribution in [3.8, 4) is 11.5 Å². The van der Waals surface area contributed by atoms with Gasteiger partial charge in [-0.2, -0.15) is 8.78 Å². The summed E-state index contributed by atoms with van der Waals surface area (Å²) >= 11 is 0. The lowest BCUT2D eigenvalue weighted by Crippen LogP contribution is -2.33. The Kier molecular flexibility index (Phi) is 6.73. The van der Waals surface area contributed by atoms with E-state index in [1.165, 1.54) is 36.4 Å². The van der Waals surface area contributed by atoms with E-state index in [0.29, 0.717) is 11.3 Å². The van der Waals surface area contributed by atoms with Crippen LogP contribution in [-0.2, 0) is 4.79 Å². The van der Waals surface area contributed by atoms with Crippen LogP contribution in [0.3, 0.4) is 0 Å². The van der Waals surface area contributed by atoms with Crippen molar-refractivity contribution in [3.05, 3.63) is 95.8 Å². The number of alkyl halides is 2. The normalized spacial score (nSPS) is 11.7. The van der Waals surface area contributed by atoms with Crippen molar-refractivity contribution in [2.75, 3.05) is 6.61 Å². The van der Waals surface area contributed by atoms with Gasteiger partial charge in [-0.05, 0) is 47.5 Å². The minimum atomic E-state index is -2.91. The number of amides is 1. The van der Waals surface area contributed by atoms with E-state index in [1.54, 1.807) is 12.1 Å². The fraction of sp³-hybridized carbons (Fsp3) is 0.136. The Hall–Kier alpha value is -3.48. The van der Waals surface area contributed by atoms with Crippen LogP contribution in [0.4, 0.5) is 13.2 Å². The molecule has 0 aliphatic rings. The Morgan fingerprint density at radius 1 is 0.828 bits per heavy atom. The van der Waals surface area contributed by atoms with Crippen LogP contribution >= 0.6 is 0 Å². The van der Waals surface area contributed by atoms with Crippen LogP contribution in [0.2, 0.25) is 0 Å². The second-order valence-corrected chi connectivity index (χ2v) is 6.10. The Bertz CT molecular complexity index is 916. The molecule has 7 heteroatoms. The summed E-state index contributed by atoms with van der Waals surface area (Å²) in [6.07, 6.45) is 0. The molecule has 0 bridgehead atoms. The molecule has 0 saturated carbocycles. The summed E-state index contributed by atoms with van der Waals surface area (Å²) in [5, 5.41) is 2.86.